The van der Waals surface area contributed by atoms with Crippen molar-refractivity contribution in [1.82, 2.24) is 14.9 Å². The fourth-order valence-corrected chi connectivity index (χ4v) is 2.69. The van der Waals surface area contributed by atoms with E-state index in [9.17, 15) is 4.79 Å². The van der Waals surface area contributed by atoms with E-state index in [4.69, 9.17) is 4.74 Å². The van der Waals surface area contributed by atoms with Crippen LogP contribution in [-0.2, 0) is 4.74 Å². The van der Waals surface area contributed by atoms with Crippen LogP contribution in [0.5, 0.6) is 0 Å². The number of carbonyl (C=O) groups is 1. The van der Waals surface area contributed by atoms with Crippen molar-refractivity contribution >= 4 is 5.91 Å². The molecule has 1 atom stereocenters. The van der Waals surface area contributed by atoms with Gasteiger partial charge in [-0.05, 0) is 26.2 Å². The Hall–Kier alpha value is -1.49. The number of hydrogen-bond acceptors (Lipinski definition) is 4. The Morgan fingerprint density at radius 1 is 1.50 bits per heavy atom. The molecule has 1 aromatic rings. The summed E-state index contributed by atoms with van der Waals surface area (Å²) in [4.78, 5) is 23.4. The Labute approximate surface area is 133 Å². The summed E-state index contributed by atoms with van der Waals surface area (Å²) < 4.78 is 5.80. The number of amides is 1. The van der Waals surface area contributed by atoms with Gasteiger partial charge in [-0.3, -0.25) is 4.79 Å². The van der Waals surface area contributed by atoms with Crippen LogP contribution in [0.3, 0.4) is 0 Å². The number of piperidine rings is 1. The molecule has 1 amide bonds. The lowest BCUT2D eigenvalue weighted by Gasteiger charge is -2.32. The Morgan fingerprint density at radius 2 is 2.27 bits per heavy atom. The molecular weight excluding hydrogens is 278 g/mol. The Balaban J connectivity index is 2.07. The number of nitrogens with zero attached hydrogens (tertiary/aromatic N) is 3. The molecule has 5 nitrogen and oxygen atoms in total. The first kappa shape index (κ1) is 16.9. The molecule has 2 heterocycles. The SMILES string of the molecule is CCCO[C@H]1CCCN(C(=O)c2cnc(C(C)C)nc2C)C1. The van der Waals surface area contributed by atoms with Gasteiger partial charge in [0.1, 0.15) is 5.82 Å². The molecule has 2 rings (SSSR count). The number of aryl methyl sites for hydroxylation is 1. The van der Waals surface area contributed by atoms with Crippen LogP contribution in [-0.4, -0.2) is 46.6 Å². The van der Waals surface area contributed by atoms with E-state index in [1.807, 2.05) is 11.8 Å². The Kier molecular flexibility index (Phi) is 5.89. The van der Waals surface area contributed by atoms with E-state index < -0.39 is 0 Å². The second kappa shape index (κ2) is 7.68. The Bertz CT molecular complexity index is 517. The van der Waals surface area contributed by atoms with E-state index >= 15 is 0 Å². The highest BCUT2D eigenvalue weighted by Crippen LogP contribution is 2.18. The first-order valence-electron chi connectivity index (χ1n) is 8.27. The third-order valence-corrected chi connectivity index (χ3v) is 3.97. The van der Waals surface area contributed by atoms with E-state index in [1.54, 1.807) is 6.20 Å². The van der Waals surface area contributed by atoms with Crippen molar-refractivity contribution in [2.45, 2.75) is 59.0 Å². The molecular formula is C17H27N3O2. The summed E-state index contributed by atoms with van der Waals surface area (Å²) in [5.41, 5.74) is 1.38. The zero-order valence-electron chi connectivity index (χ0n) is 14.1. The minimum atomic E-state index is 0.0256. The molecule has 1 aliphatic rings. The summed E-state index contributed by atoms with van der Waals surface area (Å²) in [7, 11) is 0. The smallest absolute Gasteiger partial charge is 0.257 e. The molecule has 1 aromatic heterocycles. The first-order valence-corrected chi connectivity index (χ1v) is 8.27. The lowest BCUT2D eigenvalue weighted by molar-refractivity contribution is 0.00205. The van der Waals surface area contributed by atoms with Crippen molar-refractivity contribution in [3.8, 4) is 0 Å². The molecule has 0 aliphatic carbocycles. The Morgan fingerprint density at radius 3 is 2.91 bits per heavy atom. The minimum absolute atomic E-state index is 0.0256. The maximum Gasteiger partial charge on any atom is 0.257 e. The van der Waals surface area contributed by atoms with Crippen LogP contribution >= 0.6 is 0 Å². The molecule has 0 bridgehead atoms. The highest BCUT2D eigenvalue weighted by molar-refractivity contribution is 5.95. The van der Waals surface area contributed by atoms with Crippen molar-refractivity contribution in [3.05, 3.63) is 23.3 Å². The fourth-order valence-electron chi connectivity index (χ4n) is 2.69. The molecule has 1 aliphatic heterocycles. The van der Waals surface area contributed by atoms with Crippen LogP contribution in [0.1, 0.15) is 67.8 Å². The molecule has 0 saturated carbocycles. The van der Waals surface area contributed by atoms with Gasteiger partial charge in [0, 0.05) is 31.8 Å². The number of ether oxygens (including phenoxy) is 1. The van der Waals surface area contributed by atoms with Gasteiger partial charge < -0.3 is 9.64 Å². The summed E-state index contributed by atoms with van der Waals surface area (Å²) in [6, 6.07) is 0. The van der Waals surface area contributed by atoms with E-state index in [0.29, 0.717) is 12.1 Å². The fraction of sp³-hybridized carbons (Fsp3) is 0.706. The number of likely N-dealkylation sites (tertiary alicyclic amines) is 1. The van der Waals surface area contributed by atoms with Gasteiger partial charge in [0.15, 0.2) is 0 Å². The van der Waals surface area contributed by atoms with Gasteiger partial charge in [-0.15, -0.1) is 0 Å². The summed E-state index contributed by atoms with van der Waals surface area (Å²) in [5, 5.41) is 0. The van der Waals surface area contributed by atoms with Gasteiger partial charge in [0.2, 0.25) is 0 Å². The van der Waals surface area contributed by atoms with Crippen LogP contribution < -0.4 is 0 Å². The number of carbonyl (C=O) groups excluding carboxylic acids is 1. The van der Waals surface area contributed by atoms with Crippen LogP contribution in [0.4, 0.5) is 0 Å². The quantitative estimate of drug-likeness (QED) is 0.839. The summed E-state index contributed by atoms with van der Waals surface area (Å²) >= 11 is 0. The topological polar surface area (TPSA) is 55.3 Å². The van der Waals surface area contributed by atoms with E-state index in [0.717, 1.165) is 43.9 Å². The maximum atomic E-state index is 12.7. The third kappa shape index (κ3) is 4.03. The van der Waals surface area contributed by atoms with Crippen LogP contribution in [0.25, 0.3) is 0 Å². The normalized spacial score (nSPS) is 18.8. The largest absolute Gasteiger partial charge is 0.376 e. The first-order chi connectivity index (χ1) is 10.5. The maximum absolute atomic E-state index is 12.7. The molecule has 0 unspecified atom stereocenters. The highest BCUT2D eigenvalue weighted by Gasteiger charge is 2.26. The zero-order valence-corrected chi connectivity index (χ0v) is 14.1. The molecule has 22 heavy (non-hydrogen) atoms. The van der Waals surface area contributed by atoms with Gasteiger partial charge in [-0.2, -0.15) is 0 Å². The lowest BCUT2D eigenvalue weighted by Crippen LogP contribution is -2.43. The average molecular weight is 305 g/mol. The molecule has 5 heteroatoms. The number of aromatic nitrogens is 2. The van der Waals surface area contributed by atoms with Gasteiger partial charge >= 0.3 is 0 Å². The van der Waals surface area contributed by atoms with E-state index in [2.05, 4.69) is 30.7 Å². The second-order valence-corrected chi connectivity index (χ2v) is 6.27. The minimum Gasteiger partial charge on any atom is -0.376 e. The van der Waals surface area contributed by atoms with Crippen molar-refractivity contribution in [1.29, 1.82) is 0 Å². The second-order valence-electron chi connectivity index (χ2n) is 6.27. The predicted molar refractivity (Wildman–Crippen MR) is 86.0 cm³/mol. The monoisotopic (exact) mass is 305 g/mol. The van der Waals surface area contributed by atoms with Crippen molar-refractivity contribution in [2.75, 3.05) is 19.7 Å². The summed E-state index contributed by atoms with van der Waals surface area (Å²) in [5.74, 6) is 1.08. The standard InChI is InChI=1S/C17H27N3O2/c1-5-9-22-14-7-6-8-20(11-14)17(21)15-10-18-16(12(2)3)19-13(15)4/h10,12,14H,5-9,11H2,1-4H3/t14-/m0/s1. The summed E-state index contributed by atoms with van der Waals surface area (Å²) in [6.45, 7) is 10.3. The molecule has 1 fully saturated rings. The van der Waals surface area contributed by atoms with E-state index in [1.165, 1.54) is 0 Å². The molecule has 0 aromatic carbocycles. The van der Waals surface area contributed by atoms with Crippen molar-refractivity contribution < 1.29 is 9.53 Å². The molecule has 0 spiro atoms. The van der Waals surface area contributed by atoms with Crippen LogP contribution in [0, 0.1) is 6.92 Å². The van der Waals surface area contributed by atoms with Gasteiger partial charge in [0.05, 0.1) is 17.4 Å². The zero-order chi connectivity index (χ0) is 16.1. The molecule has 0 radical (unpaired) electrons. The molecule has 0 N–H and O–H groups in total. The molecule has 122 valence electrons. The van der Waals surface area contributed by atoms with Crippen LogP contribution in [0.15, 0.2) is 6.20 Å². The van der Waals surface area contributed by atoms with Crippen molar-refractivity contribution in [3.63, 3.8) is 0 Å². The van der Waals surface area contributed by atoms with Crippen molar-refractivity contribution in [2.24, 2.45) is 0 Å². The third-order valence-electron chi connectivity index (χ3n) is 3.97. The van der Waals surface area contributed by atoms with Gasteiger partial charge in [-0.25, -0.2) is 9.97 Å². The number of rotatable bonds is 5. The average Bonchev–Trinajstić information content (AvgIpc) is 2.52. The molecule has 1 saturated heterocycles. The van der Waals surface area contributed by atoms with E-state index in [-0.39, 0.29) is 17.9 Å². The highest BCUT2D eigenvalue weighted by atomic mass is 16.5. The van der Waals surface area contributed by atoms with Crippen LogP contribution in [0.2, 0.25) is 0 Å². The lowest BCUT2D eigenvalue weighted by atomic mass is 10.1. The van der Waals surface area contributed by atoms with Gasteiger partial charge in [0.25, 0.3) is 5.91 Å². The summed E-state index contributed by atoms with van der Waals surface area (Å²) in [6.07, 6.45) is 4.87. The number of hydrogen-bond donors (Lipinski definition) is 0. The predicted octanol–water partition coefficient (Wildman–Crippen LogP) is 2.94. The van der Waals surface area contributed by atoms with Gasteiger partial charge in [-0.1, -0.05) is 20.8 Å².